The number of nitrogens with zero attached hydrogens (tertiary/aromatic N) is 2. The van der Waals surface area contributed by atoms with Crippen molar-refractivity contribution in [1.82, 2.24) is 4.90 Å². The van der Waals surface area contributed by atoms with E-state index in [1.165, 1.54) is 4.90 Å². The molecule has 16 heavy (non-hydrogen) atoms. The molecular formula is C12H13ClN2O. The van der Waals surface area contributed by atoms with E-state index in [1.807, 2.05) is 13.0 Å². The number of carbonyl (C=O) groups excluding carboxylic acids is 1. The number of carbonyl (C=O) groups is 1. The van der Waals surface area contributed by atoms with Gasteiger partial charge in [0.15, 0.2) is 0 Å². The largest absolute Gasteiger partial charge is 0.341 e. The number of benzene rings is 1. The van der Waals surface area contributed by atoms with E-state index in [1.54, 1.807) is 25.2 Å². The summed E-state index contributed by atoms with van der Waals surface area (Å²) >= 11 is 5.88. The number of hydrogen-bond acceptors (Lipinski definition) is 2. The molecule has 0 saturated carbocycles. The summed E-state index contributed by atoms with van der Waals surface area (Å²) in [5.41, 5.74) is 1.51. The van der Waals surface area contributed by atoms with Gasteiger partial charge in [0.1, 0.15) is 0 Å². The third kappa shape index (κ3) is 3.25. The minimum absolute atomic E-state index is 0.110. The lowest BCUT2D eigenvalue weighted by Crippen LogP contribution is -2.27. The molecule has 1 amide bonds. The van der Waals surface area contributed by atoms with Crippen LogP contribution >= 0.6 is 11.6 Å². The van der Waals surface area contributed by atoms with Crippen molar-refractivity contribution in [1.29, 1.82) is 5.26 Å². The summed E-state index contributed by atoms with van der Waals surface area (Å²) in [6, 6.07) is 7.23. The fourth-order valence-electron chi connectivity index (χ4n) is 1.40. The second-order valence-electron chi connectivity index (χ2n) is 3.65. The molecule has 0 unspecified atom stereocenters. The maximum absolute atomic E-state index is 11.9. The van der Waals surface area contributed by atoms with Crippen LogP contribution in [-0.4, -0.2) is 24.4 Å². The third-order valence-electron chi connectivity index (χ3n) is 2.19. The van der Waals surface area contributed by atoms with Crippen LogP contribution in [0.25, 0.3) is 0 Å². The monoisotopic (exact) mass is 236 g/mol. The molecule has 0 heterocycles. The van der Waals surface area contributed by atoms with Crippen LogP contribution in [0.1, 0.15) is 22.3 Å². The molecule has 84 valence electrons. The van der Waals surface area contributed by atoms with Crippen LogP contribution in [0.2, 0.25) is 5.02 Å². The van der Waals surface area contributed by atoms with Gasteiger partial charge >= 0.3 is 0 Å². The fraction of sp³-hybridized carbons (Fsp3) is 0.333. The van der Waals surface area contributed by atoms with Gasteiger partial charge in [0.25, 0.3) is 5.91 Å². The molecular weight excluding hydrogens is 224 g/mol. The van der Waals surface area contributed by atoms with Crippen molar-refractivity contribution < 1.29 is 4.79 Å². The lowest BCUT2D eigenvalue weighted by molar-refractivity contribution is 0.0798. The lowest BCUT2D eigenvalue weighted by Gasteiger charge is -2.15. The molecule has 1 rings (SSSR count). The van der Waals surface area contributed by atoms with Gasteiger partial charge in [-0.2, -0.15) is 5.26 Å². The van der Waals surface area contributed by atoms with Gasteiger partial charge in [0.05, 0.1) is 12.5 Å². The summed E-state index contributed by atoms with van der Waals surface area (Å²) in [7, 11) is 1.68. The first-order chi connectivity index (χ1) is 7.54. The summed E-state index contributed by atoms with van der Waals surface area (Å²) in [6.45, 7) is 2.32. The molecule has 0 saturated heterocycles. The average molecular weight is 237 g/mol. The minimum atomic E-state index is -0.110. The van der Waals surface area contributed by atoms with Crippen molar-refractivity contribution in [3.8, 4) is 6.07 Å². The molecule has 0 radical (unpaired) electrons. The molecule has 0 N–H and O–H groups in total. The second-order valence-corrected chi connectivity index (χ2v) is 4.09. The smallest absolute Gasteiger partial charge is 0.253 e. The molecule has 1 aromatic carbocycles. The van der Waals surface area contributed by atoms with Crippen LogP contribution in [-0.2, 0) is 0 Å². The Labute approximate surface area is 100 Å². The lowest BCUT2D eigenvalue weighted by atomic mass is 10.1. The number of rotatable bonds is 3. The molecule has 3 nitrogen and oxygen atoms in total. The summed E-state index contributed by atoms with van der Waals surface area (Å²) in [5, 5.41) is 9.00. The molecule has 0 aromatic heterocycles. The Morgan fingerprint density at radius 3 is 2.75 bits per heavy atom. The molecule has 0 aliphatic carbocycles. The van der Waals surface area contributed by atoms with Crippen molar-refractivity contribution in [2.45, 2.75) is 13.3 Å². The van der Waals surface area contributed by atoms with Crippen LogP contribution in [0.5, 0.6) is 0 Å². The SMILES string of the molecule is Cc1cc(Cl)cc(C(=O)N(C)CCC#N)c1. The highest BCUT2D eigenvalue weighted by Crippen LogP contribution is 2.15. The zero-order valence-corrected chi connectivity index (χ0v) is 10.1. The highest BCUT2D eigenvalue weighted by molar-refractivity contribution is 6.31. The van der Waals surface area contributed by atoms with Crippen molar-refractivity contribution in [3.63, 3.8) is 0 Å². The van der Waals surface area contributed by atoms with Crippen LogP contribution in [0.3, 0.4) is 0 Å². The summed E-state index contributed by atoms with van der Waals surface area (Å²) < 4.78 is 0. The normalized spacial score (nSPS) is 9.62. The van der Waals surface area contributed by atoms with E-state index in [4.69, 9.17) is 16.9 Å². The van der Waals surface area contributed by atoms with Crippen molar-refractivity contribution >= 4 is 17.5 Å². The zero-order chi connectivity index (χ0) is 12.1. The number of aryl methyl sites for hydroxylation is 1. The third-order valence-corrected chi connectivity index (χ3v) is 2.41. The molecule has 0 atom stereocenters. The Morgan fingerprint density at radius 2 is 2.19 bits per heavy atom. The van der Waals surface area contributed by atoms with E-state index in [2.05, 4.69) is 0 Å². The molecule has 0 aliphatic heterocycles. The van der Waals surface area contributed by atoms with Crippen molar-refractivity contribution in [2.75, 3.05) is 13.6 Å². The Bertz CT molecular complexity index is 417. The maximum Gasteiger partial charge on any atom is 0.253 e. The fourth-order valence-corrected chi connectivity index (χ4v) is 1.69. The topological polar surface area (TPSA) is 44.1 Å². The summed E-state index contributed by atoms with van der Waals surface area (Å²) in [4.78, 5) is 13.4. The van der Waals surface area contributed by atoms with Gasteiger partial charge in [-0.1, -0.05) is 11.6 Å². The van der Waals surface area contributed by atoms with Crippen LogP contribution in [0, 0.1) is 18.3 Å². The molecule has 4 heteroatoms. The first kappa shape index (κ1) is 12.5. The van der Waals surface area contributed by atoms with E-state index in [0.717, 1.165) is 5.56 Å². The average Bonchev–Trinajstić information content (AvgIpc) is 2.23. The van der Waals surface area contributed by atoms with E-state index in [9.17, 15) is 4.79 Å². The van der Waals surface area contributed by atoms with Gasteiger partial charge in [-0.15, -0.1) is 0 Å². The van der Waals surface area contributed by atoms with E-state index in [-0.39, 0.29) is 5.91 Å². The van der Waals surface area contributed by atoms with Crippen molar-refractivity contribution in [3.05, 3.63) is 34.3 Å². The first-order valence-electron chi connectivity index (χ1n) is 4.94. The molecule has 0 spiro atoms. The Morgan fingerprint density at radius 1 is 1.50 bits per heavy atom. The van der Waals surface area contributed by atoms with Gasteiger partial charge in [-0.05, 0) is 30.7 Å². The predicted octanol–water partition coefficient (Wildman–Crippen LogP) is 2.63. The Hall–Kier alpha value is -1.53. The Balaban J connectivity index is 2.84. The standard InChI is InChI=1S/C12H13ClN2O/c1-9-6-10(8-11(13)7-9)12(16)15(2)5-3-4-14/h6-8H,3,5H2,1-2H3. The van der Waals surface area contributed by atoms with Gasteiger partial charge < -0.3 is 4.90 Å². The molecule has 0 bridgehead atoms. The van der Waals surface area contributed by atoms with Gasteiger partial charge in [0, 0.05) is 24.2 Å². The quantitative estimate of drug-likeness (QED) is 0.810. The van der Waals surface area contributed by atoms with Gasteiger partial charge in [0.2, 0.25) is 0 Å². The second kappa shape index (κ2) is 5.53. The zero-order valence-electron chi connectivity index (χ0n) is 9.33. The van der Waals surface area contributed by atoms with E-state index in [0.29, 0.717) is 23.6 Å². The molecule has 0 aliphatic rings. The number of halogens is 1. The number of hydrogen-bond donors (Lipinski definition) is 0. The maximum atomic E-state index is 11.9. The summed E-state index contributed by atoms with van der Waals surface area (Å²) in [6.07, 6.45) is 0.335. The van der Waals surface area contributed by atoms with Crippen LogP contribution < -0.4 is 0 Å². The highest BCUT2D eigenvalue weighted by Gasteiger charge is 2.11. The number of amides is 1. The molecule has 1 aromatic rings. The van der Waals surface area contributed by atoms with Crippen molar-refractivity contribution in [2.24, 2.45) is 0 Å². The Kier molecular flexibility index (Phi) is 4.33. The predicted molar refractivity (Wildman–Crippen MR) is 63.4 cm³/mol. The highest BCUT2D eigenvalue weighted by atomic mass is 35.5. The van der Waals surface area contributed by atoms with Crippen LogP contribution in [0.15, 0.2) is 18.2 Å². The summed E-state index contributed by atoms with van der Waals surface area (Å²) in [5.74, 6) is -0.110. The minimum Gasteiger partial charge on any atom is -0.341 e. The van der Waals surface area contributed by atoms with Gasteiger partial charge in [-0.3, -0.25) is 4.79 Å². The van der Waals surface area contributed by atoms with E-state index < -0.39 is 0 Å². The number of nitriles is 1. The van der Waals surface area contributed by atoms with Crippen LogP contribution in [0.4, 0.5) is 0 Å². The van der Waals surface area contributed by atoms with Gasteiger partial charge in [-0.25, -0.2) is 0 Å². The first-order valence-corrected chi connectivity index (χ1v) is 5.32. The van der Waals surface area contributed by atoms with E-state index >= 15 is 0 Å². The molecule has 0 fully saturated rings.